The Balaban J connectivity index is 1.43. The molecule has 0 saturated carbocycles. The van der Waals surface area contributed by atoms with Crippen LogP contribution in [0.2, 0.25) is 0 Å². The molecule has 0 N–H and O–H groups in total. The molecular formula is C16H22N4O2. The summed E-state index contributed by atoms with van der Waals surface area (Å²) in [5, 5.41) is 3.83. The Kier molecular flexibility index (Phi) is 4.68. The lowest BCUT2D eigenvalue weighted by Gasteiger charge is -2.30. The number of ether oxygens (including phenoxy) is 1. The summed E-state index contributed by atoms with van der Waals surface area (Å²) in [6.07, 6.45) is 4.02. The van der Waals surface area contributed by atoms with Crippen LogP contribution in [-0.2, 0) is 6.54 Å². The fourth-order valence-electron chi connectivity index (χ4n) is 2.73. The molecule has 1 aliphatic heterocycles. The Hall–Kier alpha value is -1.95. The monoisotopic (exact) mass is 302 g/mol. The molecule has 1 fully saturated rings. The van der Waals surface area contributed by atoms with Crippen molar-refractivity contribution in [1.29, 1.82) is 0 Å². The van der Waals surface area contributed by atoms with Crippen molar-refractivity contribution in [1.82, 2.24) is 20.0 Å². The van der Waals surface area contributed by atoms with E-state index in [1.807, 2.05) is 26.0 Å². The van der Waals surface area contributed by atoms with Gasteiger partial charge in [0.2, 0.25) is 11.8 Å². The van der Waals surface area contributed by atoms with Gasteiger partial charge in [-0.25, -0.2) is 4.98 Å². The minimum Gasteiger partial charge on any atom is -0.477 e. The molecule has 0 radical (unpaired) electrons. The summed E-state index contributed by atoms with van der Waals surface area (Å²) >= 11 is 0. The Bertz CT molecular complexity index is 606. The fourth-order valence-corrected chi connectivity index (χ4v) is 2.73. The Morgan fingerprint density at radius 2 is 2.14 bits per heavy atom. The molecule has 2 aromatic heterocycles. The minimum atomic E-state index is 0.585. The standard InChI is InChI=1S/C16H22N4O2/c1-12-4-3-7-17-16(12)21-11-14-5-8-20(9-6-14)10-15-18-13(2)19-22-15/h3-4,7,14H,5-6,8-11H2,1-2H3. The number of aromatic nitrogens is 3. The number of likely N-dealkylation sites (tertiary alicyclic amines) is 1. The van der Waals surface area contributed by atoms with Crippen LogP contribution in [-0.4, -0.2) is 39.7 Å². The molecule has 1 saturated heterocycles. The van der Waals surface area contributed by atoms with Crippen LogP contribution in [0.15, 0.2) is 22.9 Å². The molecule has 0 unspecified atom stereocenters. The van der Waals surface area contributed by atoms with E-state index in [1.165, 1.54) is 0 Å². The smallest absolute Gasteiger partial charge is 0.240 e. The molecule has 0 aliphatic carbocycles. The van der Waals surface area contributed by atoms with Crippen LogP contribution in [0.3, 0.4) is 0 Å². The van der Waals surface area contributed by atoms with Gasteiger partial charge in [-0.2, -0.15) is 4.98 Å². The van der Waals surface area contributed by atoms with E-state index < -0.39 is 0 Å². The lowest BCUT2D eigenvalue weighted by Crippen LogP contribution is -2.35. The quantitative estimate of drug-likeness (QED) is 0.845. The van der Waals surface area contributed by atoms with E-state index in [0.29, 0.717) is 17.6 Å². The van der Waals surface area contributed by atoms with Crippen molar-refractivity contribution >= 4 is 0 Å². The largest absolute Gasteiger partial charge is 0.477 e. The van der Waals surface area contributed by atoms with Crippen molar-refractivity contribution in [2.75, 3.05) is 19.7 Å². The highest BCUT2D eigenvalue weighted by molar-refractivity contribution is 5.23. The summed E-state index contributed by atoms with van der Waals surface area (Å²) in [5.41, 5.74) is 1.09. The summed E-state index contributed by atoms with van der Waals surface area (Å²) in [7, 11) is 0. The molecule has 22 heavy (non-hydrogen) atoms. The minimum absolute atomic E-state index is 0.585. The number of pyridine rings is 1. The first-order valence-corrected chi connectivity index (χ1v) is 7.76. The molecule has 0 aromatic carbocycles. The van der Waals surface area contributed by atoms with Gasteiger partial charge >= 0.3 is 0 Å². The Morgan fingerprint density at radius 1 is 1.32 bits per heavy atom. The second-order valence-electron chi connectivity index (χ2n) is 5.89. The van der Waals surface area contributed by atoms with Gasteiger partial charge in [-0.15, -0.1) is 0 Å². The van der Waals surface area contributed by atoms with Crippen molar-refractivity contribution in [3.8, 4) is 5.88 Å². The van der Waals surface area contributed by atoms with Gasteiger partial charge in [0.1, 0.15) is 0 Å². The van der Waals surface area contributed by atoms with Crippen molar-refractivity contribution in [3.63, 3.8) is 0 Å². The van der Waals surface area contributed by atoms with E-state index >= 15 is 0 Å². The lowest BCUT2D eigenvalue weighted by atomic mass is 9.98. The molecule has 3 rings (SSSR count). The second kappa shape index (κ2) is 6.87. The molecule has 2 aromatic rings. The summed E-state index contributed by atoms with van der Waals surface area (Å²) in [4.78, 5) is 10.9. The van der Waals surface area contributed by atoms with Gasteiger partial charge in [-0.3, -0.25) is 4.90 Å². The van der Waals surface area contributed by atoms with Crippen molar-refractivity contribution < 1.29 is 9.26 Å². The zero-order valence-corrected chi connectivity index (χ0v) is 13.2. The molecule has 6 nitrogen and oxygen atoms in total. The summed E-state index contributed by atoms with van der Waals surface area (Å²) < 4.78 is 11.0. The van der Waals surface area contributed by atoms with Crippen molar-refractivity contribution in [3.05, 3.63) is 35.6 Å². The maximum atomic E-state index is 5.86. The predicted octanol–water partition coefficient (Wildman–Crippen LogP) is 2.37. The average Bonchev–Trinajstić information content (AvgIpc) is 2.93. The number of nitrogens with zero attached hydrogens (tertiary/aromatic N) is 4. The highest BCUT2D eigenvalue weighted by atomic mass is 16.5. The van der Waals surface area contributed by atoms with Crippen molar-refractivity contribution in [2.24, 2.45) is 5.92 Å². The number of hydrogen-bond acceptors (Lipinski definition) is 6. The first kappa shape index (κ1) is 15.0. The van der Waals surface area contributed by atoms with Crippen LogP contribution in [0.5, 0.6) is 5.88 Å². The third kappa shape index (κ3) is 3.82. The van der Waals surface area contributed by atoms with Gasteiger partial charge in [-0.1, -0.05) is 11.2 Å². The van der Waals surface area contributed by atoms with Crippen LogP contribution in [0.1, 0.15) is 30.1 Å². The van der Waals surface area contributed by atoms with Gasteiger partial charge in [-0.05, 0) is 51.8 Å². The van der Waals surface area contributed by atoms with E-state index in [4.69, 9.17) is 9.26 Å². The van der Waals surface area contributed by atoms with E-state index in [9.17, 15) is 0 Å². The third-order valence-corrected chi connectivity index (χ3v) is 4.05. The zero-order valence-electron chi connectivity index (χ0n) is 13.2. The van der Waals surface area contributed by atoms with Crippen LogP contribution >= 0.6 is 0 Å². The molecule has 6 heteroatoms. The summed E-state index contributed by atoms with van der Waals surface area (Å²) in [6, 6.07) is 3.96. The molecule has 0 amide bonds. The van der Waals surface area contributed by atoms with E-state index in [1.54, 1.807) is 6.20 Å². The highest BCUT2D eigenvalue weighted by Crippen LogP contribution is 2.21. The van der Waals surface area contributed by atoms with Crippen LogP contribution in [0.4, 0.5) is 0 Å². The molecule has 0 spiro atoms. The molecule has 0 bridgehead atoms. The molecule has 0 atom stereocenters. The third-order valence-electron chi connectivity index (χ3n) is 4.05. The van der Waals surface area contributed by atoms with Crippen LogP contribution in [0, 0.1) is 19.8 Å². The first-order chi connectivity index (χ1) is 10.7. The number of aryl methyl sites for hydroxylation is 2. The maximum absolute atomic E-state index is 5.86. The normalized spacial score (nSPS) is 16.8. The molecule has 1 aliphatic rings. The lowest BCUT2D eigenvalue weighted by molar-refractivity contribution is 0.124. The number of rotatable bonds is 5. The molecule has 3 heterocycles. The fraction of sp³-hybridized carbons (Fsp3) is 0.562. The van der Waals surface area contributed by atoms with Gasteiger partial charge in [0.25, 0.3) is 0 Å². The first-order valence-electron chi connectivity index (χ1n) is 7.76. The molecule has 118 valence electrons. The van der Waals surface area contributed by atoms with E-state index in [0.717, 1.165) is 50.5 Å². The number of hydrogen-bond donors (Lipinski definition) is 0. The Labute approximate surface area is 130 Å². The van der Waals surface area contributed by atoms with Gasteiger partial charge in [0, 0.05) is 11.8 Å². The van der Waals surface area contributed by atoms with Gasteiger partial charge < -0.3 is 9.26 Å². The van der Waals surface area contributed by atoms with E-state index in [2.05, 4.69) is 20.0 Å². The predicted molar refractivity (Wildman–Crippen MR) is 81.5 cm³/mol. The summed E-state index contributed by atoms with van der Waals surface area (Å²) in [5.74, 6) is 2.74. The second-order valence-corrected chi connectivity index (χ2v) is 5.89. The SMILES string of the molecule is Cc1noc(CN2CCC(COc3ncccc3C)CC2)n1. The van der Waals surface area contributed by atoms with Crippen molar-refractivity contribution in [2.45, 2.75) is 33.2 Å². The average molecular weight is 302 g/mol. The van der Waals surface area contributed by atoms with Gasteiger partial charge in [0.15, 0.2) is 5.82 Å². The summed E-state index contributed by atoms with van der Waals surface area (Å²) in [6.45, 7) is 7.43. The maximum Gasteiger partial charge on any atom is 0.240 e. The highest BCUT2D eigenvalue weighted by Gasteiger charge is 2.21. The van der Waals surface area contributed by atoms with Gasteiger partial charge in [0.05, 0.1) is 13.2 Å². The zero-order chi connectivity index (χ0) is 15.4. The topological polar surface area (TPSA) is 64.3 Å². The Morgan fingerprint density at radius 3 is 2.82 bits per heavy atom. The molecular weight excluding hydrogens is 280 g/mol. The number of piperidine rings is 1. The van der Waals surface area contributed by atoms with E-state index in [-0.39, 0.29) is 0 Å². The van der Waals surface area contributed by atoms with Crippen LogP contribution < -0.4 is 4.74 Å². The van der Waals surface area contributed by atoms with Crippen LogP contribution in [0.25, 0.3) is 0 Å².